The number of hydrogen-bond acceptors (Lipinski definition) is 6. The summed E-state index contributed by atoms with van der Waals surface area (Å²) in [6.07, 6.45) is 92.3. The van der Waals surface area contributed by atoms with Gasteiger partial charge in [0, 0.05) is 19.3 Å². The van der Waals surface area contributed by atoms with Gasteiger partial charge in [-0.25, -0.2) is 0 Å². The molecule has 0 N–H and O–H groups in total. The van der Waals surface area contributed by atoms with Crippen molar-refractivity contribution in [2.75, 3.05) is 13.2 Å². The van der Waals surface area contributed by atoms with Gasteiger partial charge in [0.25, 0.3) is 0 Å². The molecule has 0 aliphatic rings. The SMILES string of the molecule is CCCCCCC/C=C\C/C=C\C/C=C\CCCCCCCCCCCCCCCCCCC(=O)OCC(COC(=O)CCCCCCCCCCCC)OC(=O)CCCCCCCCCC/C=C\C/C=C\C/C=C\CCCCCCC. The van der Waals surface area contributed by atoms with Crippen LogP contribution < -0.4 is 0 Å². The Morgan fingerprint density at radius 3 is 0.683 bits per heavy atom. The van der Waals surface area contributed by atoms with Crippen molar-refractivity contribution in [2.45, 2.75) is 380 Å². The summed E-state index contributed by atoms with van der Waals surface area (Å²) in [4.78, 5) is 38.3. The summed E-state index contributed by atoms with van der Waals surface area (Å²) >= 11 is 0. The fourth-order valence-electron chi connectivity index (χ4n) is 10.5. The molecule has 1 atom stereocenters. The predicted molar refractivity (Wildman–Crippen MR) is 358 cm³/mol. The van der Waals surface area contributed by atoms with Crippen molar-refractivity contribution in [3.05, 3.63) is 72.9 Å². The molecule has 0 aromatic carbocycles. The monoisotopic (exact) mass is 1150 g/mol. The molecule has 0 radical (unpaired) electrons. The van der Waals surface area contributed by atoms with Gasteiger partial charge in [-0.2, -0.15) is 0 Å². The largest absolute Gasteiger partial charge is 0.462 e. The Hall–Kier alpha value is -3.15. The number of carbonyl (C=O) groups is 3. The van der Waals surface area contributed by atoms with Gasteiger partial charge in [-0.05, 0) is 96.3 Å². The van der Waals surface area contributed by atoms with Crippen LogP contribution in [0.1, 0.15) is 374 Å². The van der Waals surface area contributed by atoms with E-state index in [-0.39, 0.29) is 31.1 Å². The van der Waals surface area contributed by atoms with Gasteiger partial charge in [-0.1, -0.05) is 331 Å². The Labute approximate surface area is 510 Å². The van der Waals surface area contributed by atoms with E-state index in [0.717, 1.165) is 89.9 Å². The molecule has 0 saturated carbocycles. The Balaban J connectivity index is 4.16. The second kappa shape index (κ2) is 70.3. The molecular formula is C76H136O6. The van der Waals surface area contributed by atoms with Crippen molar-refractivity contribution in [1.82, 2.24) is 0 Å². The highest BCUT2D eigenvalue weighted by Crippen LogP contribution is 2.18. The van der Waals surface area contributed by atoms with Crippen LogP contribution in [0.5, 0.6) is 0 Å². The standard InChI is InChI=1S/C76H136O6/c1-4-7-10-13-16-19-22-24-26-28-30-32-34-35-36-37-38-39-40-41-43-44-46-48-50-52-54-57-60-63-66-69-75(78)81-72-73(71-80-74(77)68-65-62-59-56-21-18-15-12-9-6-3)82-76(79)70-67-64-61-58-55-53-51-49-47-45-42-33-31-29-27-25-23-20-17-14-11-8-5-2/h22-25,28-31,34-35,42,45,73H,4-21,26-27,32-33,36-41,43-44,46-72H2,1-3H3/b24-22-,25-23-,30-28-,31-29-,35-34-,45-42-. The first-order valence-electron chi connectivity index (χ1n) is 35.9. The average Bonchev–Trinajstić information content (AvgIpc) is 3.47. The highest BCUT2D eigenvalue weighted by molar-refractivity contribution is 5.71. The predicted octanol–water partition coefficient (Wildman–Crippen LogP) is 24.8. The molecule has 0 aromatic heterocycles. The van der Waals surface area contributed by atoms with Crippen molar-refractivity contribution < 1.29 is 28.6 Å². The second-order valence-electron chi connectivity index (χ2n) is 24.1. The van der Waals surface area contributed by atoms with Crippen LogP contribution >= 0.6 is 0 Å². The molecule has 0 fully saturated rings. The van der Waals surface area contributed by atoms with E-state index in [4.69, 9.17) is 14.2 Å². The van der Waals surface area contributed by atoms with E-state index in [9.17, 15) is 14.4 Å². The summed E-state index contributed by atoms with van der Waals surface area (Å²) in [5.74, 6) is -0.863. The van der Waals surface area contributed by atoms with E-state index < -0.39 is 6.10 Å². The number of rotatable bonds is 66. The van der Waals surface area contributed by atoms with Crippen molar-refractivity contribution in [1.29, 1.82) is 0 Å². The molecule has 0 amide bonds. The maximum absolute atomic E-state index is 12.9. The zero-order chi connectivity index (χ0) is 59.2. The first-order valence-corrected chi connectivity index (χ1v) is 35.9. The zero-order valence-corrected chi connectivity index (χ0v) is 54.8. The van der Waals surface area contributed by atoms with Crippen molar-refractivity contribution in [3.63, 3.8) is 0 Å². The van der Waals surface area contributed by atoms with Gasteiger partial charge in [-0.15, -0.1) is 0 Å². The number of carbonyl (C=O) groups excluding carboxylic acids is 3. The highest BCUT2D eigenvalue weighted by Gasteiger charge is 2.19. The lowest BCUT2D eigenvalue weighted by atomic mass is 10.0. The summed E-state index contributed by atoms with van der Waals surface area (Å²) in [5, 5.41) is 0. The molecule has 0 heterocycles. The van der Waals surface area contributed by atoms with Crippen LogP contribution in [0, 0.1) is 0 Å². The molecule has 476 valence electrons. The number of unbranched alkanes of at least 4 members (excludes halogenated alkanes) is 43. The van der Waals surface area contributed by atoms with Gasteiger partial charge >= 0.3 is 17.9 Å². The van der Waals surface area contributed by atoms with E-state index in [0.29, 0.717) is 19.3 Å². The molecule has 0 aliphatic heterocycles. The van der Waals surface area contributed by atoms with E-state index >= 15 is 0 Å². The highest BCUT2D eigenvalue weighted by atomic mass is 16.6. The van der Waals surface area contributed by atoms with Gasteiger partial charge in [0.15, 0.2) is 6.10 Å². The van der Waals surface area contributed by atoms with Crippen LogP contribution in [0.3, 0.4) is 0 Å². The third-order valence-electron chi connectivity index (χ3n) is 15.9. The molecule has 0 aromatic rings. The van der Waals surface area contributed by atoms with Gasteiger partial charge < -0.3 is 14.2 Å². The topological polar surface area (TPSA) is 78.9 Å². The summed E-state index contributed by atoms with van der Waals surface area (Å²) in [7, 11) is 0. The lowest BCUT2D eigenvalue weighted by molar-refractivity contribution is -0.167. The van der Waals surface area contributed by atoms with Crippen LogP contribution in [0.2, 0.25) is 0 Å². The van der Waals surface area contributed by atoms with Crippen LogP contribution in [-0.4, -0.2) is 37.2 Å². The van der Waals surface area contributed by atoms with E-state index in [1.54, 1.807) is 0 Å². The fraction of sp³-hybridized carbons (Fsp3) is 0.803. The van der Waals surface area contributed by atoms with Crippen molar-refractivity contribution >= 4 is 17.9 Å². The Kier molecular flexibility index (Phi) is 67.6. The van der Waals surface area contributed by atoms with Gasteiger partial charge in [-0.3, -0.25) is 14.4 Å². The molecule has 0 spiro atoms. The molecule has 82 heavy (non-hydrogen) atoms. The van der Waals surface area contributed by atoms with Gasteiger partial charge in [0.2, 0.25) is 0 Å². The molecule has 0 bridgehead atoms. The lowest BCUT2D eigenvalue weighted by Gasteiger charge is -2.18. The minimum absolute atomic E-state index is 0.0742. The van der Waals surface area contributed by atoms with Gasteiger partial charge in [0.1, 0.15) is 13.2 Å². The molecule has 0 aliphatic carbocycles. The van der Waals surface area contributed by atoms with E-state index in [1.807, 2.05) is 0 Å². The first-order chi connectivity index (χ1) is 40.5. The third-order valence-corrected chi connectivity index (χ3v) is 15.9. The van der Waals surface area contributed by atoms with Crippen molar-refractivity contribution in [3.8, 4) is 0 Å². The summed E-state index contributed by atoms with van der Waals surface area (Å²) < 4.78 is 17.0. The van der Waals surface area contributed by atoms with Crippen LogP contribution in [0.4, 0.5) is 0 Å². The molecule has 0 saturated heterocycles. The van der Waals surface area contributed by atoms with E-state index in [2.05, 4.69) is 93.7 Å². The smallest absolute Gasteiger partial charge is 0.306 e. The third kappa shape index (κ3) is 67.6. The average molecular weight is 1150 g/mol. The normalized spacial score (nSPS) is 12.5. The van der Waals surface area contributed by atoms with Crippen LogP contribution in [0.25, 0.3) is 0 Å². The maximum Gasteiger partial charge on any atom is 0.306 e. The Morgan fingerprint density at radius 1 is 0.244 bits per heavy atom. The second-order valence-corrected chi connectivity index (χ2v) is 24.1. The number of allylic oxidation sites excluding steroid dienone is 12. The molecule has 6 nitrogen and oxygen atoms in total. The molecule has 0 rings (SSSR count). The summed E-state index contributed by atoms with van der Waals surface area (Å²) in [6, 6.07) is 0. The number of ether oxygens (including phenoxy) is 3. The zero-order valence-electron chi connectivity index (χ0n) is 54.8. The van der Waals surface area contributed by atoms with Crippen molar-refractivity contribution in [2.24, 2.45) is 0 Å². The molecule has 6 heteroatoms. The minimum atomic E-state index is -0.778. The fourth-order valence-corrected chi connectivity index (χ4v) is 10.5. The first kappa shape index (κ1) is 78.8. The lowest BCUT2D eigenvalue weighted by Crippen LogP contribution is -2.30. The van der Waals surface area contributed by atoms with Crippen LogP contribution in [-0.2, 0) is 28.6 Å². The summed E-state index contributed by atoms with van der Waals surface area (Å²) in [6.45, 7) is 6.65. The number of esters is 3. The Bertz CT molecular complexity index is 1500. The molecule has 1 unspecified atom stereocenters. The summed E-state index contributed by atoms with van der Waals surface area (Å²) in [5.41, 5.74) is 0. The van der Waals surface area contributed by atoms with Gasteiger partial charge in [0.05, 0.1) is 0 Å². The minimum Gasteiger partial charge on any atom is -0.462 e. The number of hydrogen-bond donors (Lipinski definition) is 0. The molecular weight excluding hydrogens is 1010 g/mol. The quantitative estimate of drug-likeness (QED) is 0.0261. The van der Waals surface area contributed by atoms with E-state index in [1.165, 1.54) is 244 Å². The van der Waals surface area contributed by atoms with Crippen LogP contribution in [0.15, 0.2) is 72.9 Å². The Morgan fingerprint density at radius 2 is 0.439 bits per heavy atom. The maximum atomic E-state index is 12.9.